The van der Waals surface area contributed by atoms with E-state index in [1.807, 2.05) is 0 Å². The van der Waals surface area contributed by atoms with Crippen LogP contribution in [0.5, 0.6) is 0 Å². The van der Waals surface area contributed by atoms with Gasteiger partial charge in [0.05, 0.1) is 16.7 Å². The van der Waals surface area contributed by atoms with Gasteiger partial charge in [0.25, 0.3) is 0 Å². The number of hydrogen-bond acceptors (Lipinski definition) is 2. The molecule has 0 aliphatic rings. The molecule has 3 heteroatoms. The Labute approximate surface area is 386 Å². The molecule has 14 aromatic rings. The van der Waals surface area contributed by atoms with Gasteiger partial charge in [-0.25, -0.2) is 9.97 Å². The summed E-state index contributed by atoms with van der Waals surface area (Å²) in [5, 5.41) is 16.9. The van der Waals surface area contributed by atoms with Crippen LogP contribution in [0.1, 0.15) is 0 Å². The second-order valence-electron chi connectivity index (χ2n) is 17.8. The summed E-state index contributed by atoms with van der Waals surface area (Å²) in [5.74, 6) is 1.50. The first-order valence-electron chi connectivity index (χ1n) is 23.0. The van der Waals surface area contributed by atoms with Gasteiger partial charge in [0.2, 0.25) is 0 Å². The first-order chi connectivity index (χ1) is 33.2. The van der Waals surface area contributed by atoms with Gasteiger partial charge in [-0.2, -0.15) is 0 Å². The van der Waals surface area contributed by atoms with Gasteiger partial charge < -0.3 is 0 Å². The van der Waals surface area contributed by atoms with Crippen LogP contribution in [0.25, 0.3) is 137 Å². The van der Waals surface area contributed by atoms with E-state index in [1.54, 1.807) is 0 Å². The Hall–Kier alpha value is -8.92. The zero-order chi connectivity index (χ0) is 44.0. The average molecular weight is 850 g/mol. The van der Waals surface area contributed by atoms with E-state index in [4.69, 9.17) is 9.97 Å². The average Bonchev–Trinajstić information content (AvgIpc) is 3.72. The lowest BCUT2D eigenvalue weighted by atomic mass is 9.91. The molecule has 0 bridgehead atoms. The van der Waals surface area contributed by atoms with Crippen molar-refractivity contribution in [3.05, 3.63) is 237 Å². The third kappa shape index (κ3) is 6.13. The molecule has 2 aromatic heterocycles. The molecule has 0 aliphatic heterocycles. The third-order valence-electron chi connectivity index (χ3n) is 13.9. The molecule has 0 saturated heterocycles. The number of nitrogens with zero attached hydrogens (tertiary/aromatic N) is 3. The lowest BCUT2D eigenvalue weighted by molar-refractivity contribution is 1.05. The standard InChI is InChI=1S/C64H39N3/c1-2-12-40(13-3-1)48-29-31-61-58(36-48)59-37-56-53-21-11-10-20-52(53)55-35-49(47-25-22-41-14-4-7-17-44(41)32-47)28-30-54(55)57(56)38-62(59)67(61)63-39-60(50-26-23-42-15-5-8-18-45(42)33-50)65-64(66-63)51-27-24-43-16-6-9-19-46(43)34-51/h1-39H. The molecule has 14 rings (SSSR count). The molecule has 0 radical (unpaired) electrons. The lowest BCUT2D eigenvalue weighted by Crippen LogP contribution is -2.02. The molecule has 67 heavy (non-hydrogen) atoms. The zero-order valence-electron chi connectivity index (χ0n) is 36.4. The molecule has 0 fully saturated rings. The van der Waals surface area contributed by atoms with E-state index >= 15 is 0 Å². The van der Waals surface area contributed by atoms with Crippen LogP contribution in [-0.4, -0.2) is 14.5 Å². The summed E-state index contributed by atoms with van der Waals surface area (Å²) in [6.45, 7) is 0. The van der Waals surface area contributed by atoms with Crippen molar-refractivity contribution < 1.29 is 0 Å². The molecular formula is C64H39N3. The fourth-order valence-corrected chi connectivity index (χ4v) is 10.6. The maximum atomic E-state index is 5.53. The van der Waals surface area contributed by atoms with Gasteiger partial charge >= 0.3 is 0 Å². The predicted molar refractivity (Wildman–Crippen MR) is 283 cm³/mol. The minimum Gasteiger partial charge on any atom is -0.294 e. The van der Waals surface area contributed by atoms with Crippen molar-refractivity contribution >= 4 is 86.4 Å². The highest BCUT2D eigenvalue weighted by molar-refractivity contribution is 6.29. The Bertz CT molecular complexity index is 4240. The van der Waals surface area contributed by atoms with Crippen molar-refractivity contribution in [3.63, 3.8) is 0 Å². The van der Waals surface area contributed by atoms with E-state index in [0.29, 0.717) is 5.82 Å². The highest BCUT2D eigenvalue weighted by Crippen LogP contribution is 2.43. The van der Waals surface area contributed by atoms with Crippen LogP contribution in [-0.2, 0) is 0 Å². The second-order valence-corrected chi connectivity index (χ2v) is 17.8. The number of fused-ring (bicyclic) bond motifs is 12. The lowest BCUT2D eigenvalue weighted by Gasteiger charge is -2.15. The van der Waals surface area contributed by atoms with E-state index in [9.17, 15) is 0 Å². The van der Waals surface area contributed by atoms with E-state index in [-0.39, 0.29) is 0 Å². The van der Waals surface area contributed by atoms with Gasteiger partial charge in [0.1, 0.15) is 5.82 Å². The van der Waals surface area contributed by atoms with Crippen LogP contribution in [0, 0.1) is 0 Å². The van der Waals surface area contributed by atoms with E-state index < -0.39 is 0 Å². The van der Waals surface area contributed by atoms with Crippen LogP contribution in [0.15, 0.2) is 237 Å². The smallest absolute Gasteiger partial charge is 0.162 e. The second kappa shape index (κ2) is 14.8. The Morgan fingerprint density at radius 3 is 1.40 bits per heavy atom. The molecule has 0 N–H and O–H groups in total. The molecule has 0 amide bonds. The number of aromatic nitrogens is 3. The molecule has 2 heterocycles. The van der Waals surface area contributed by atoms with Crippen LogP contribution in [0.4, 0.5) is 0 Å². The quantitative estimate of drug-likeness (QED) is 0.162. The topological polar surface area (TPSA) is 30.7 Å². The summed E-state index contributed by atoms with van der Waals surface area (Å²) in [5.41, 5.74) is 9.84. The first kappa shape index (κ1) is 37.5. The van der Waals surface area contributed by atoms with Crippen LogP contribution >= 0.6 is 0 Å². The summed E-state index contributed by atoms with van der Waals surface area (Å²) in [6.07, 6.45) is 0. The monoisotopic (exact) mass is 849 g/mol. The molecule has 0 atom stereocenters. The minimum absolute atomic E-state index is 0.681. The van der Waals surface area contributed by atoms with Crippen molar-refractivity contribution in [3.8, 4) is 50.7 Å². The van der Waals surface area contributed by atoms with Crippen molar-refractivity contribution in [2.75, 3.05) is 0 Å². The number of hydrogen-bond donors (Lipinski definition) is 0. The maximum Gasteiger partial charge on any atom is 0.162 e. The van der Waals surface area contributed by atoms with Gasteiger partial charge in [0.15, 0.2) is 5.82 Å². The molecule has 12 aromatic carbocycles. The predicted octanol–water partition coefficient (Wildman–Crippen LogP) is 17.2. The largest absolute Gasteiger partial charge is 0.294 e. The molecule has 3 nitrogen and oxygen atoms in total. The Balaban J connectivity index is 1.07. The van der Waals surface area contributed by atoms with E-state index in [1.165, 1.54) is 92.3 Å². The highest BCUT2D eigenvalue weighted by Gasteiger charge is 2.21. The number of rotatable bonds is 5. The fraction of sp³-hybridized carbons (Fsp3) is 0. The van der Waals surface area contributed by atoms with E-state index in [0.717, 1.165) is 39.1 Å². The minimum atomic E-state index is 0.681. The molecular weight excluding hydrogens is 811 g/mol. The van der Waals surface area contributed by atoms with Gasteiger partial charge in [-0.05, 0) is 135 Å². The maximum absolute atomic E-state index is 5.53. The number of benzene rings is 12. The molecule has 0 aliphatic carbocycles. The van der Waals surface area contributed by atoms with Crippen molar-refractivity contribution in [1.29, 1.82) is 0 Å². The summed E-state index contributed by atoms with van der Waals surface area (Å²) >= 11 is 0. The summed E-state index contributed by atoms with van der Waals surface area (Å²) in [4.78, 5) is 10.9. The molecule has 310 valence electrons. The van der Waals surface area contributed by atoms with Gasteiger partial charge in [-0.1, -0.05) is 182 Å². The molecule has 0 saturated carbocycles. The normalized spacial score (nSPS) is 11.9. The van der Waals surface area contributed by atoms with Crippen LogP contribution in [0.2, 0.25) is 0 Å². The van der Waals surface area contributed by atoms with Crippen LogP contribution in [0.3, 0.4) is 0 Å². The fourth-order valence-electron chi connectivity index (χ4n) is 10.6. The van der Waals surface area contributed by atoms with Gasteiger partial charge in [-0.3, -0.25) is 4.57 Å². The third-order valence-corrected chi connectivity index (χ3v) is 13.9. The Morgan fingerprint density at radius 1 is 0.239 bits per heavy atom. The summed E-state index contributed by atoms with van der Waals surface area (Å²) in [7, 11) is 0. The molecule has 0 unspecified atom stereocenters. The summed E-state index contributed by atoms with van der Waals surface area (Å²) in [6, 6.07) is 86.1. The van der Waals surface area contributed by atoms with Crippen molar-refractivity contribution in [2.45, 2.75) is 0 Å². The Morgan fingerprint density at radius 2 is 0.701 bits per heavy atom. The zero-order valence-corrected chi connectivity index (χ0v) is 36.4. The van der Waals surface area contributed by atoms with E-state index in [2.05, 4.69) is 241 Å². The Kier molecular flexibility index (Phi) is 8.28. The van der Waals surface area contributed by atoms with Crippen LogP contribution < -0.4 is 0 Å². The van der Waals surface area contributed by atoms with Crippen molar-refractivity contribution in [1.82, 2.24) is 14.5 Å². The van der Waals surface area contributed by atoms with Crippen molar-refractivity contribution in [2.24, 2.45) is 0 Å². The van der Waals surface area contributed by atoms with Gasteiger partial charge in [0, 0.05) is 28.0 Å². The molecule has 0 spiro atoms. The highest BCUT2D eigenvalue weighted by atomic mass is 15.1. The van der Waals surface area contributed by atoms with Gasteiger partial charge in [-0.15, -0.1) is 0 Å². The summed E-state index contributed by atoms with van der Waals surface area (Å²) < 4.78 is 2.38. The first-order valence-corrected chi connectivity index (χ1v) is 23.0. The SMILES string of the molecule is c1ccc(-c2ccc3c(c2)c2cc4c5ccccc5c5cc(-c6ccc7ccccc7c6)ccc5c4cc2n3-c2cc(-c3ccc4ccccc4c3)nc(-c3ccc4ccccc4c3)n2)cc1.